The molecule has 0 saturated carbocycles. The van der Waals surface area contributed by atoms with Crippen LogP contribution in [0.2, 0.25) is 0 Å². The molecule has 1 aromatic heterocycles. The van der Waals surface area contributed by atoms with Crippen LogP contribution in [0.4, 0.5) is 5.69 Å². The highest BCUT2D eigenvalue weighted by atomic mass is 14.7. The van der Waals surface area contributed by atoms with Gasteiger partial charge in [0.15, 0.2) is 0 Å². The number of pyridine rings is 1. The van der Waals surface area contributed by atoms with Crippen LogP contribution in [0.3, 0.4) is 0 Å². The third-order valence-electron chi connectivity index (χ3n) is 2.31. The lowest BCUT2D eigenvalue weighted by molar-refractivity contribution is 1.37. The summed E-state index contributed by atoms with van der Waals surface area (Å²) in [5, 5.41) is 9.70. The molecule has 0 amide bonds. The molecule has 0 aliphatic carbocycles. The summed E-state index contributed by atoms with van der Waals surface area (Å²) < 4.78 is 0. The molecule has 0 fully saturated rings. The van der Waals surface area contributed by atoms with Crippen LogP contribution in [0.15, 0.2) is 24.4 Å². The number of aryl methyl sites for hydroxylation is 1. The normalized spacial score (nSPS) is 10.0. The fraction of sp³-hybridized carbons (Fsp3) is 0.0909. The summed E-state index contributed by atoms with van der Waals surface area (Å²) in [6.45, 7) is 1.93. The molecule has 0 aliphatic rings. The van der Waals surface area contributed by atoms with E-state index in [-0.39, 0.29) is 0 Å². The van der Waals surface area contributed by atoms with E-state index in [0.717, 1.165) is 16.5 Å². The van der Waals surface area contributed by atoms with Gasteiger partial charge in [-0.3, -0.25) is 4.98 Å². The first-order valence-electron chi connectivity index (χ1n) is 4.27. The van der Waals surface area contributed by atoms with E-state index >= 15 is 0 Å². The van der Waals surface area contributed by atoms with Gasteiger partial charge < -0.3 is 5.73 Å². The van der Waals surface area contributed by atoms with Crippen molar-refractivity contribution in [2.75, 3.05) is 5.73 Å². The molecule has 0 unspecified atom stereocenters. The minimum atomic E-state index is 0.632. The second-order valence-electron chi connectivity index (χ2n) is 3.18. The lowest BCUT2D eigenvalue weighted by atomic mass is 10.1. The fourth-order valence-corrected chi connectivity index (χ4v) is 1.41. The molecule has 3 nitrogen and oxygen atoms in total. The largest absolute Gasteiger partial charge is 0.397 e. The third kappa shape index (κ3) is 1.17. The Balaban J connectivity index is 2.86. The maximum atomic E-state index is 8.76. The second-order valence-corrected chi connectivity index (χ2v) is 3.18. The van der Waals surface area contributed by atoms with Crippen molar-refractivity contribution in [3.63, 3.8) is 0 Å². The molecule has 2 aromatic rings. The molecule has 3 heteroatoms. The van der Waals surface area contributed by atoms with Crippen LogP contribution in [0.5, 0.6) is 0 Å². The number of nitrogens with zero attached hydrogens (tertiary/aromatic N) is 2. The smallest absolute Gasteiger partial charge is 0.0991 e. The number of nitrogens with two attached hydrogens (primary N) is 1. The summed E-state index contributed by atoms with van der Waals surface area (Å²) >= 11 is 0. The van der Waals surface area contributed by atoms with Gasteiger partial charge >= 0.3 is 0 Å². The number of nitrogen functional groups attached to an aromatic ring is 1. The Hall–Kier alpha value is -2.08. The minimum absolute atomic E-state index is 0.632. The van der Waals surface area contributed by atoms with Crippen molar-refractivity contribution < 1.29 is 0 Å². The minimum Gasteiger partial charge on any atom is -0.397 e. The Bertz CT molecular complexity index is 538. The SMILES string of the molecule is Cc1c(N)cnc2ccc(C#N)cc12. The predicted octanol–water partition coefficient (Wildman–Crippen LogP) is 2.00. The number of rotatable bonds is 0. The van der Waals surface area contributed by atoms with Crippen LogP contribution >= 0.6 is 0 Å². The van der Waals surface area contributed by atoms with Crippen LogP contribution in [0.1, 0.15) is 11.1 Å². The van der Waals surface area contributed by atoms with Crippen molar-refractivity contribution in [1.82, 2.24) is 4.98 Å². The highest BCUT2D eigenvalue weighted by Crippen LogP contribution is 2.21. The molecule has 0 atom stereocenters. The van der Waals surface area contributed by atoms with Crippen LogP contribution < -0.4 is 5.73 Å². The molecular weight excluding hydrogens is 174 g/mol. The number of anilines is 1. The Morgan fingerprint density at radius 1 is 1.43 bits per heavy atom. The number of nitriles is 1. The van der Waals surface area contributed by atoms with E-state index in [2.05, 4.69) is 11.1 Å². The van der Waals surface area contributed by atoms with Crippen LogP contribution in [-0.2, 0) is 0 Å². The summed E-state index contributed by atoms with van der Waals surface area (Å²) in [7, 11) is 0. The Kier molecular flexibility index (Phi) is 1.83. The molecule has 0 spiro atoms. The number of fused-ring (bicyclic) bond motifs is 1. The maximum absolute atomic E-state index is 8.76. The van der Waals surface area contributed by atoms with Crippen molar-refractivity contribution in [3.05, 3.63) is 35.5 Å². The number of aromatic nitrogens is 1. The van der Waals surface area contributed by atoms with E-state index in [4.69, 9.17) is 11.0 Å². The van der Waals surface area contributed by atoms with Crippen molar-refractivity contribution in [2.24, 2.45) is 0 Å². The molecule has 0 aliphatic heterocycles. The molecule has 2 N–H and O–H groups in total. The van der Waals surface area contributed by atoms with Gasteiger partial charge in [-0.1, -0.05) is 0 Å². The van der Waals surface area contributed by atoms with E-state index in [1.54, 1.807) is 12.3 Å². The number of hydrogen-bond donors (Lipinski definition) is 1. The summed E-state index contributed by atoms with van der Waals surface area (Å²) in [6, 6.07) is 7.50. The second kappa shape index (κ2) is 3.00. The van der Waals surface area contributed by atoms with E-state index in [0.29, 0.717) is 11.3 Å². The van der Waals surface area contributed by atoms with Gasteiger partial charge in [0.05, 0.1) is 29.0 Å². The van der Waals surface area contributed by atoms with Crippen LogP contribution in [0.25, 0.3) is 10.9 Å². The molecule has 2 rings (SSSR count). The summed E-state index contributed by atoms with van der Waals surface area (Å²) in [6.07, 6.45) is 1.64. The molecule has 1 heterocycles. The topological polar surface area (TPSA) is 62.7 Å². The van der Waals surface area contributed by atoms with E-state index in [1.807, 2.05) is 19.1 Å². The van der Waals surface area contributed by atoms with E-state index in [9.17, 15) is 0 Å². The van der Waals surface area contributed by atoms with Gasteiger partial charge in [-0.15, -0.1) is 0 Å². The summed E-state index contributed by atoms with van der Waals surface area (Å²) in [5.41, 5.74) is 8.87. The number of benzene rings is 1. The zero-order valence-corrected chi connectivity index (χ0v) is 7.78. The average molecular weight is 183 g/mol. The quantitative estimate of drug-likeness (QED) is 0.679. The molecule has 0 radical (unpaired) electrons. The Labute approximate surface area is 81.8 Å². The van der Waals surface area contributed by atoms with Crippen molar-refractivity contribution >= 4 is 16.6 Å². The first kappa shape index (κ1) is 8.52. The zero-order valence-electron chi connectivity index (χ0n) is 7.78. The van der Waals surface area contributed by atoms with Gasteiger partial charge in [-0.2, -0.15) is 5.26 Å². The molecule has 68 valence electrons. The first-order valence-corrected chi connectivity index (χ1v) is 4.27. The Morgan fingerprint density at radius 3 is 2.93 bits per heavy atom. The van der Waals surface area contributed by atoms with Gasteiger partial charge in [-0.05, 0) is 30.7 Å². The average Bonchev–Trinajstić information content (AvgIpc) is 2.23. The van der Waals surface area contributed by atoms with Gasteiger partial charge in [-0.25, -0.2) is 0 Å². The van der Waals surface area contributed by atoms with Crippen molar-refractivity contribution in [2.45, 2.75) is 6.92 Å². The zero-order chi connectivity index (χ0) is 10.1. The van der Waals surface area contributed by atoms with Gasteiger partial charge in [0.25, 0.3) is 0 Å². The van der Waals surface area contributed by atoms with Gasteiger partial charge in [0.1, 0.15) is 0 Å². The van der Waals surface area contributed by atoms with Crippen LogP contribution in [-0.4, -0.2) is 4.98 Å². The monoisotopic (exact) mass is 183 g/mol. The highest BCUT2D eigenvalue weighted by molar-refractivity contribution is 5.86. The number of hydrogen-bond acceptors (Lipinski definition) is 3. The first-order chi connectivity index (χ1) is 6.72. The van der Waals surface area contributed by atoms with Crippen molar-refractivity contribution in [3.8, 4) is 6.07 Å². The van der Waals surface area contributed by atoms with E-state index in [1.165, 1.54) is 0 Å². The fourth-order valence-electron chi connectivity index (χ4n) is 1.41. The van der Waals surface area contributed by atoms with Crippen molar-refractivity contribution in [1.29, 1.82) is 5.26 Å². The molecule has 1 aromatic carbocycles. The molecule has 0 saturated heterocycles. The summed E-state index contributed by atoms with van der Waals surface area (Å²) in [4.78, 5) is 4.18. The van der Waals surface area contributed by atoms with Gasteiger partial charge in [0.2, 0.25) is 0 Å². The standard InChI is InChI=1S/C11H9N3/c1-7-9-4-8(5-12)2-3-11(9)14-6-10(7)13/h2-4,6H,13H2,1H3. The third-order valence-corrected chi connectivity index (χ3v) is 2.31. The van der Waals surface area contributed by atoms with Gasteiger partial charge in [0, 0.05) is 5.39 Å². The predicted molar refractivity (Wildman–Crippen MR) is 55.6 cm³/mol. The highest BCUT2D eigenvalue weighted by Gasteiger charge is 2.02. The lowest BCUT2D eigenvalue weighted by Gasteiger charge is -2.04. The van der Waals surface area contributed by atoms with Crippen LogP contribution in [0, 0.1) is 18.3 Å². The molecule has 14 heavy (non-hydrogen) atoms. The molecular formula is C11H9N3. The van der Waals surface area contributed by atoms with E-state index < -0.39 is 0 Å². The summed E-state index contributed by atoms with van der Waals surface area (Å²) in [5.74, 6) is 0. The maximum Gasteiger partial charge on any atom is 0.0991 e. The molecule has 0 bridgehead atoms. The lowest BCUT2D eigenvalue weighted by Crippen LogP contribution is -1.93. The Morgan fingerprint density at radius 2 is 2.21 bits per heavy atom.